The van der Waals surface area contributed by atoms with Gasteiger partial charge in [-0.3, -0.25) is 9.79 Å². The Morgan fingerprint density at radius 2 is 2.12 bits per heavy atom. The van der Waals surface area contributed by atoms with Gasteiger partial charge in [0.1, 0.15) is 0 Å². The molecular weight excluding hydrogens is 334 g/mol. The summed E-state index contributed by atoms with van der Waals surface area (Å²) in [6.07, 6.45) is 4.65. The number of amides is 1. The highest BCUT2D eigenvalue weighted by Gasteiger charge is 2.23. The maximum atomic E-state index is 11.5. The van der Waals surface area contributed by atoms with Gasteiger partial charge in [0.25, 0.3) is 0 Å². The van der Waals surface area contributed by atoms with E-state index < -0.39 is 0 Å². The highest BCUT2D eigenvalue weighted by molar-refractivity contribution is 7.11. The largest absolute Gasteiger partial charge is 0.359 e. The van der Waals surface area contributed by atoms with E-state index in [0.29, 0.717) is 12.3 Å². The number of carbonyl (C=O) groups is 1. The number of nitrogens with zero attached hydrogens (tertiary/aromatic N) is 3. The predicted molar refractivity (Wildman–Crippen MR) is 104 cm³/mol. The topological polar surface area (TPSA) is 69.6 Å². The van der Waals surface area contributed by atoms with Crippen molar-refractivity contribution >= 4 is 23.2 Å². The van der Waals surface area contributed by atoms with Gasteiger partial charge >= 0.3 is 0 Å². The number of aryl methyl sites for hydroxylation is 2. The lowest BCUT2D eigenvalue weighted by Gasteiger charge is -2.34. The highest BCUT2D eigenvalue weighted by Crippen LogP contribution is 2.21. The molecule has 25 heavy (non-hydrogen) atoms. The second kappa shape index (κ2) is 9.75. The number of thiazole rings is 1. The molecule has 0 unspecified atom stereocenters. The Morgan fingerprint density at radius 1 is 1.40 bits per heavy atom. The van der Waals surface area contributed by atoms with Crippen LogP contribution < -0.4 is 10.6 Å². The molecule has 0 aromatic carbocycles. The molecule has 1 fully saturated rings. The first-order chi connectivity index (χ1) is 12.1. The Morgan fingerprint density at radius 3 is 2.68 bits per heavy atom. The summed E-state index contributed by atoms with van der Waals surface area (Å²) < 4.78 is 0. The van der Waals surface area contributed by atoms with Crippen LogP contribution >= 0.6 is 11.3 Å². The molecule has 7 heteroatoms. The van der Waals surface area contributed by atoms with Crippen molar-refractivity contribution in [3.63, 3.8) is 0 Å². The molecule has 0 radical (unpaired) electrons. The third-order valence-electron chi connectivity index (χ3n) is 4.77. The summed E-state index contributed by atoms with van der Waals surface area (Å²) in [7, 11) is 3.54. The van der Waals surface area contributed by atoms with Crippen LogP contribution in [0.3, 0.4) is 0 Å². The number of piperidine rings is 1. The Balaban J connectivity index is 1.76. The summed E-state index contributed by atoms with van der Waals surface area (Å²) in [4.78, 5) is 24.3. The lowest BCUT2D eigenvalue weighted by Crippen LogP contribution is -2.46. The van der Waals surface area contributed by atoms with Crippen LogP contribution in [0.25, 0.3) is 0 Å². The molecule has 6 nitrogen and oxygen atoms in total. The normalized spacial score (nSPS) is 16.2. The Hall–Kier alpha value is -1.63. The summed E-state index contributed by atoms with van der Waals surface area (Å²) in [5.41, 5.74) is 1.22. The van der Waals surface area contributed by atoms with Gasteiger partial charge in [0.2, 0.25) is 5.91 Å². The number of aromatic nitrogens is 1. The summed E-state index contributed by atoms with van der Waals surface area (Å²) in [6.45, 7) is 7.06. The summed E-state index contributed by atoms with van der Waals surface area (Å²) in [5, 5.41) is 7.38. The van der Waals surface area contributed by atoms with Crippen LogP contribution in [0.4, 0.5) is 0 Å². The molecule has 1 amide bonds. The number of aliphatic imine (C=N–C) groups is 1. The Bertz CT molecular complexity index is 590. The van der Waals surface area contributed by atoms with Gasteiger partial charge in [0.05, 0.1) is 10.7 Å². The number of guanidine groups is 1. The van der Waals surface area contributed by atoms with Gasteiger partial charge < -0.3 is 15.5 Å². The van der Waals surface area contributed by atoms with E-state index in [9.17, 15) is 4.79 Å². The fraction of sp³-hybridized carbons (Fsp3) is 0.722. The summed E-state index contributed by atoms with van der Waals surface area (Å²) >= 11 is 1.80. The average molecular weight is 366 g/mol. The van der Waals surface area contributed by atoms with Gasteiger partial charge in [-0.2, -0.15) is 0 Å². The maximum absolute atomic E-state index is 11.5. The molecule has 1 saturated heterocycles. The van der Waals surface area contributed by atoms with Crippen LogP contribution in [0.2, 0.25) is 0 Å². The van der Waals surface area contributed by atoms with Crippen LogP contribution in [0, 0.1) is 12.8 Å². The minimum Gasteiger partial charge on any atom is -0.359 e. The second-order valence-electron chi connectivity index (χ2n) is 6.50. The fourth-order valence-electron chi connectivity index (χ4n) is 3.25. The van der Waals surface area contributed by atoms with E-state index in [4.69, 9.17) is 4.98 Å². The first-order valence-electron chi connectivity index (χ1n) is 9.18. The second-order valence-corrected chi connectivity index (χ2v) is 7.78. The van der Waals surface area contributed by atoms with Gasteiger partial charge in [-0.1, -0.05) is 6.92 Å². The Labute approximate surface area is 155 Å². The zero-order valence-electron chi connectivity index (χ0n) is 15.9. The third kappa shape index (κ3) is 5.70. The standard InChI is InChI=1S/C18H31N5OS/c1-5-15-13(2)25-17(22-15)6-9-21-18(20-4)23-10-7-14(8-11-23)12-16(24)19-3/h14H,5-12H2,1-4H3,(H,19,24)(H,20,21). The molecule has 1 aromatic heterocycles. The van der Waals surface area contributed by atoms with Crippen LogP contribution in [-0.2, 0) is 17.6 Å². The third-order valence-corrected chi connectivity index (χ3v) is 5.85. The summed E-state index contributed by atoms with van der Waals surface area (Å²) in [5.74, 6) is 1.59. The molecule has 2 N–H and O–H groups in total. The molecule has 0 spiro atoms. The maximum Gasteiger partial charge on any atom is 0.220 e. The number of rotatable bonds is 6. The van der Waals surface area contributed by atoms with E-state index in [-0.39, 0.29) is 5.91 Å². The Kier molecular flexibility index (Phi) is 7.68. The first-order valence-corrected chi connectivity index (χ1v) is 10.00. The molecule has 2 heterocycles. The molecular formula is C18H31N5OS. The fourth-order valence-corrected chi connectivity index (χ4v) is 4.27. The van der Waals surface area contributed by atoms with Crippen LogP contribution in [-0.4, -0.2) is 55.5 Å². The van der Waals surface area contributed by atoms with Gasteiger partial charge in [-0.05, 0) is 32.1 Å². The summed E-state index contributed by atoms with van der Waals surface area (Å²) in [6, 6.07) is 0. The van der Waals surface area contributed by atoms with Crippen molar-refractivity contribution in [1.82, 2.24) is 20.5 Å². The van der Waals surface area contributed by atoms with Crippen molar-refractivity contribution in [2.24, 2.45) is 10.9 Å². The van der Waals surface area contributed by atoms with E-state index in [1.165, 1.54) is 15.6 Å². The average Bonchev–Trinajstić information content (AvgIpc) is 2.99. The monoisotopic (exact) mass is 365 g/mol. The lowest BCUT2D eigenvalue weighted by molar-refractivity contribution is -0.121. The van der Waals surface area contributed by atoms with Gasteiger partial charge in [-0.25, -0.2) is 4.98 Å². The van der Waals surface area contributed by atoms with Crippen molar-refractivity contribution in [1.29, 1.82) is 0 Å². The van der Waals surface area contributed by atoms with Crippen molar-refractivity contribution in [2.45, 2.75) is 46.0 Å². The number of nitrogens with one attached hydrogen (secondary N) is 2. The van der Waals surface area contributed by atoms with E-state index >= 15 is 0 Å². The number of hydrogen-bond acceptors (Lipinski definition) is 4. The molecule has 0 aliphatic carbocycles. The van der Waals surface area contributed by atoms with Crippen molar-refractivity contribution in [3.05, 3.63) is 15.6 Å². The van der Waals surface area contributed by atoms with Crippen molar-refractivity contribution in [2.75, 3.05) is 33.7 Å². The minimum absolute atomic E-state index is 0.145. The zero-order valence-corrected chi connectivity index (χ0v) is 16.7. The van der Waals surface area contributed by atoms with E-state index in [1.54, 1.807) is 18.4 Å². The van der Waals surface area contributed by atoms with Crippen molar-refractivity contribution in [3.8, 4) is 0 Å². The van der Waals surface area contributed by atoms with E-state index in [1.807, 2.05) is 7.05 Å². The van der Waals surface area contributed by atoms with Gasteiger partial charge in [0.15, 0.2) is 5.96 Å². The molecule has 1 aliphatic heterocycles. The van der Waals surface area contributed by atoms with Crippen LogP contribution in [0.5, 0.6) is 0 Å². The molecule has 0 bridgehead atoms. The quantitative estimate of drug-likeness (QED) is 0.597. The first kappa shape index (κ1) is 19.7. The molecule has 1 aromatic rings. The minimum atomic E-state index is 0.145. The molecule has 0 saturated carbocycles. The van der Waals surface area contributed by atoms with E-state index in [0.717, 1.165) is 51.3 Å². The molecule has 1 aliphatic rings. The number of likely N-dealkylation sites (tertiary alicyclic amines) is 1. The number of hydrogen-bond donors (Lipinski definition) is 2. The molecule has 140 valence electrons. The van der Waals surface area contributed by atoms with Gasteiger partial charge in [-0.15, -0.1) is 11.3 Å². The highest BCUT2D eigenvalue weighted by atomic mass is 32.1. The van der Waals surface area contributed by atoms with E-state index in [2.05, 4.69) is 34.4 Å². The number of carbonyl (C=O) groups excluding carboxylic acids is 1. The van der Waals surface area contributed by atoms with Crippen molar-refractivity contribution < 1.29 is 4.79 Å². The van der Waals surface area contributed by atoms with Crippen LogP contribution in [0.1, 0.15) is 41.8 Å². The molecule has 0 atom stereocenters. The smallest absolute Gasteiger partial charge is 0.220 e. The van der Waals surface area contributed by atoms with Gasteiger partial charge in [0, 0.05) is 51.4 Å². The SMILES string of the molecule is CCc1nc(CCNC(=NC)N2CCC(CC(=O)NC)CC2)sc1C. The predicted octanol–water partition coefficient (Wildman–Crippen LogP) is 1.98. The van der Waals surface area contributed by atoms with Crippen LogP contribution in [0.15, 0.2) is 4.99 Å². The zero-order chi connectivity index (χ0) is 18.2. The molecule has 2 rings (SSSR count). The lowest BCUT2D eigenvalue weighted by atomic mass is 9.93.